The summed E-state index contributed by atoms with van der Waals surface area (Å²) in [6.45, 7) is 0. The van der Waals surface area contributed by atoms with Crippen LogP contribution in [0.15, 0.2) is 47.5 Å². The summed E-state index contributed by atoms with van der Waals surface area (Å²) in [5.74, 6) is 1.12. The first-order valence-corrected chi connectivity index (χ1v) is 6.14. The lowest BCUT2D eigenvalue weighted by Gasteiger charge is -2.04. The Hall–Kier alpha value is -2.89. The molecule has 0 amide bonds. The van der Waals surface area contributed by atoms with Gasteiger partial charge >= 0.3 is 0 Å². The Bertz CT molecular complexity index is 666. The van der Waals surface area contributed by atoms with Crippen molar-refractivity contribution in [1.82, 2.24) is 0 Å². The van der Waals surface area contributed by atoms with Crippen molar-refractivity contribution in [2.45, 2.75) is 0 Å². The Morgan fingerprint density at radius 3 is 2.38 bits per heavy atom. The quantitative estimate of drug-likeness (QED) is 0.480. The van der Waals surface area contributed by atoms with Crippen LogP contribution in [0.3, 0.4) is 0 Å². The zero-order valence-corrected chi connectivity index (χ0v) is 11.6. The van der Waals surface area contributed by atoms with E-state index in [1.807, 2.05) is 24.3 Å². The van der Waals surface area contributed by atoms with Crippen LogP contribution in [0.4, 0.5) is 11.4 Å². The van der Waals surface area contributed by atoms with E-state index >= 15 is 0 Å². The second-order valence-electron chi connectivity index (χ2n) is 4.14. The van der Waals surface area contributed by atoms with E-state index in [0.29, 0.717) is 11.4 Å². The SMILES string of the molecule is COc1ccc(/C=N/c2ccc([N+](=O)[O-])cc2OC)cc1. The molecule has 0 aliphatic rings. The second-order valence-corrected chi connectivity index (χ2v) is 4.14. The van der Waals surface area contributed by atoms with E-state index in [4.69, 9.17) is 9.47 Å². The number of ether oxygens (including phenoxy) is 2. The fourth-order valence-electron chi connectivity index (χ4n) is 1.72. The van der Waals surface area contributed by atoms with E-state index in [0.717, 1.165) is 11.3 Å². The maximum absolute atomic E-state index is 10.7. The molecule has 2 aromatic rings. The molecule has 0 N–H and O–H groups in total. The summed E-state index contributed by atoms with van der Waals surface area (Å²) in [4.78, 5) is 14.5. The Kier molecular flexibility index (Phi) is 4.50. The van der Waals surface area contributed by atoms with E-state index in [1.165, 1.54) is 19.2 Å². The van der Waals surface area contributed by atoms with Gasteiger partial charge in [0.2, 0.25) is 0 Å². The molecule has 2 aromatic carbocycles. The summed E-state index contributed by atoms with van der Waals surface area (Å²) in [5.41, 5.74) is 1.38. The molecule has 6 nitrogen and oxygen atoms in total. The summed E-state index contributed by atoms with van der Waals surface area (Å²) >= 11 is 0. The van der Waals surface area contributed by atoms with Crippen molar-refractivity contribution in [3.05, 3.63) is 58.1 Å². The summed E-state index contributed by atoms with van der Waals surface area (Å²) in [5, 5.41) is 10.7. The number of methoxy groups -OCH3 is 2. The fraction of sp³-hybridized carbons (Fsp3) is 0.133. The number of nitro groups is 1. The average Bonchev–Trinajstić information content (AvgIpc) is 2.53. The molecular formula is C15H14N2O4. The van der Waals surface area contributed by atoms with Crippen LogP contribution in [-0.4, -0.2) is 25.4 Å². The van der Waals surface area contributed by atoms with Crippen LogP contribution in [0.25, 0.3) is 0 Å². The summed E-state index contributed by atoms with van der Waals surface area (Å²) < 4.78 is 10.2. The number of non-ortho nitro benzene ring substituents is 1. The lowest BCUT2D eigenvalue weighted by atomic mass is 10.2. The Labute approximate surface area is 121 Å². The third-order valence-electron chi connectivity index (χ3n) is 2.84. The summed E-state index contributed by atoms with van der Waals surface area (Å²) in [6.07, 6.45) is 1.66. The van der Waals surface area contributed by atoms with Gasteiger partial charge in [0.1, 0.15) is 11.4 Å². The molecule has 0 bridgehead atoms. The van der Waals surface area contributed by atoms with Crippen molar-refractivity contribution in [2.24, 2.45) is 4.99 Å². The largest absolute Gasteiger partial charge is 0.497 e. The van der Waals surface area contributed by atoms with Gasteiger partial charge in [-0.15, -0.1) is 0 Å². The summed E-state index contributed by atoms with van der Waals surface area (Å²) in [6, 6.07) is 11.7. The standard InChI is InChI=1S/C15H14N2O4/c1-20-13-6-3-11(4-7-13)10-16-14-8-5-12(17(18)19)9-15(14)21-2/h3-10H,1-2H3/b16-10+. The Balaban J connectivity index is 2.25. The van der Waals surface area contributed by atoms with E-state index in [-0.39, 0.29) is 5.69 Å². The molecule has 0 fully saturated rings. The van der Waals surface area contributed by atoms with Gasteiger partial charge in [-0.25, -0.2) is 0 Å². The number of aliphatic imine (C=N–C) groups is 1. The van der Waals surface area contributed by atoms with Crippen LogP contribution in [-0.2, 0) is 0 Å². The van der Waals surface area contributed by atoms with Gasteiger partial charge in [-0.2, -0.15) is 0 Å². The fourth-order valence-corrected chi connectivity index (χ4v) is 1.72. The van der Waals surface area contributed by atoms with Gasteiger partial charge in [0, 0.05) is 12.3 Å². The van der Waals surface area contributed by atoms with Crippen LogP contribution >= 0.6 is 0 Å². The van der Waals surface area contributed by atoms with Crippen molar-refractivity contribution in [1.29, 1.82) is 0 Å². The Morgan fingerprint density at radius 1 is 1.10 bits per heavy atom. The van der Waals surface area contributed by atoms with Gasteiger partial charge in [-0.05, 0) is 35.9 Å². The molecule has 0 atom stereocenters. The first-order chi connectivity index (χ1) is 10.1. The molecule has 0 aliphatic heterocycles. The molecule has 0 unspecified atom stereocenters. The smallest absolute Gasteiger partial charge is 0.273 e. The first kappa shape index (κ1) is 14.5. The third kappa shape index (κ3) is 3.56. The molecule has 0 aliphatic carbocycles. The molecule has 0 radical (unpaired) electrons. The molecule has 0 spiro atoms. The molecule has 2 rings (SSSR count). The van der Waals surface area contributed by atoms with Crippen LogP contribution in [0.1, 0.15) is 5.56 Å². The van der Waals surface area contributed by atoms with E-state index in [1.54, 1.807) is 19.4 Å². The number of benzene rings is 2. The zero-order valence-electron chi connectivity index (χ0n) is 11.6. The van der Waals surface area contributed by atoms with Crippen LogP contribution in [0, 0.1) is 10.1 Å². The average molecular weight is 286 g/mol. The molecular weight excluding hydrogens is 272 g/mol. The van der Waals surface area contributed by atoms with Gasteiger partial charge in [-0.1, -0.05) is 0 Å². The van der Waals surface area contributed by atoms with Gasteiger partial charge in [0.25, 0.3) is 5.69 Å². The van der Waals surface area contributed by atoms with Gasteiger partial charge in [0.15, 0.2) is 5.75 Å². The molecule has 108 valence electrons. The minimum Gasteiger partial charge on any atom is -0.497 e. The predicted molar refractivity (Wildman–Crippen MR) is 79.9 cm³/mol. The topological polar surface area (TPSA) is 74.0 Å². The van der Waals surface area contributed by atoms with Gasteiger partial charge in [-0.3, -0.25) is 15.1 Å². The van der Waals surface area contributed by atoms with Gasteiger partial charge < -0.3 is 9.47 Å². The number of nitro benzene ring substituents is 1. The third-order valence-corrected chi connectivity index (χ3v) is 2.84. The number of nitrogens with zero attached hydrogens (tertiary/aromatic N) is 2. The van der Waals surface area contributed by atoms with Crippen LogP contribution in [0.5, 0.6) is 11.5 Å². The predicted octanol–water partition coefficient (Wildman–Crippen LogP) is 3.36. The number of hydrogen-bond donors (Lipinski definition) is 0. The highest BCUT2D eigenvalue weighted by molar-refractivity contribution is 5.83. The molecule has 6 heteroatoms. The van der Waals surface area contributed by atoms with Crippen molar-refractivity contribution >= 4 is 17.6 Å². The minimum atomic E-state index is -0.473. The van der Waals surface area contributed by atoms with E-state index in [2.05, 4.69) is 4.99 Å². The van der Waals surface area contributed by atoms with Gasteiger partial charge in [0.05, 0.1) is 25.2 Å². The lowest BCUT2D eigenvalue weighted by molar-refractivity contribution is -0.384. The van der Waals surface area contributed by atoms with Crippen molar-refractivity contribution < 1.29 is 14.4 Å². The summed E-state index contributed by atoms with van der Waals surface area (Å²) in [7, 11) is 3.05. The van der Waals surface area contributed by atoms with Crippen molar-refractivity contribution in [2.75, 3.05) is 14.2 Å². The maximum atomic E-state index is 10.7. The van der Waals surface area contributed by atoms with Crippen molar-refractivity contribution in [3.63, 3.8) is 0 Å². The highest BCUT2D eigenvalue weighted by atomic mass is 16.6. The van der Waals surface area contributed by atoms with Crippen LogP contribution < -0.4 is 9.47 Å². The number of rotatable bonds is 5. The minimum absolute atomic E-state index is 0.0322. The molecule has 0 saturated carbocycles. The highest BCUT2D eigenvalue weighted by Crippen LogP contribution is 2.31. The lowest BCUT2D eigenvalue weighted by Crippen LogP contribution is -1.90. The maximum Gasteiger partial charge on any atom is 0.273 e. The first-order valence-electron chi connectivity index (χ1n) is 6.14. The number of hydrogen-bond acceptors (Lipinski definition) is 5. The molecule has 21 heavy (non-hydrogen) atoms. The monoisotopic (exact) mass is 286 g/mol. The van der Waals surface area contributed by atoms with Crippen LogP contribution in [0.2, 0.25) is 0 Å². The van der Waals surface area contributed by atoms with Crippen molar-refractivity contribution in [3.8, 4) is 11.5 Å². The molecule has 0 aromatic heterocycles. The normalized spacial score (nSPS) is 10.6. The molecule has 0 saturated heterocycles. The highest BCUT2D eigenvalue weighted by Gasteiger charge is 2.10. The van der Waals surface area contributed by atoms with E-state index < -0.39 is 4.92 Å². The molecule has 0 heterocycles. The van der Waals surface area contributed by atoms with E-state index in [9.17, 15) is 10.1 Å². The Morgan fingerprint density at radius 2 is 1.81 bits per heavy atom. The second kappa shape index (κ2) is 6.51. The zero-order chi connectivity index (χ0) is 15.2.